The molecular weight excluding hydrogens is 372 g/mol. The summed E-state index contributed by atoms with van der Waals surface area (Å²) < 4.78 is 27.1. The second-order valence-corrected chi connectivity index (χ2v) is 7.84. The number of hydrogen-bond acceptors (Lipinski definition) is 9. The van der Waals surface area contributed by atoms with Crippen LogP contribution in [0.2, 0.25) is 0 Å². The quantitative estimate of drug-likeness (QED) is 0.460. The topological polar surface area (TPSA) is 114 Å². The van der Waals surface area contributed by atoms with Crippen molar-refractivity contribution >= 4 is 23.7 Å². The standard InChI is InChI=1S/C19H30O9/c1-10-16(26-12(3)21)17(27-13(4)22)14(8-24-11(2)20)28-18(10)25-9-15(23)19(5,6)7/h10,14,16-18H,8-9H2,1-7H3. The third kappa shape index (κ3) is 7.20. The van der Waals surface area contributed by atoms with E-state index >= 15 is 0 Å². The first-order valence-corrected chi connectivity index (χ1v) is 9.11. The van der Waals surface area contributed by atoms with Crippen molar-refractivity contribution in [2.45, 2.75) is 73.1 Å². The van der Waals surface area contributed by atoms with Gasteiger partial charge >= 0.3 is 17.9 Å². The molecular formula is C19H30O9. The molecule has 160 valence electrons. The average molecular weight is 402 g/mol. The minimum absolute atomic E-state index is 0.133. The Labute approximate surface area is 165 Å². The maximum Gasteiger partial charge on any atom is 0.303 e. The van der Waals surface area contributed by atoms with Gasteiger partial charge in [0.25, 0.3) is 0 Å². The number of carbonyl (C=O) groups excluding carboxylic acids is 4. The Hall–Kier alpha value is -2.00. The highest BCUT2D eigenvalue weighted by atomic mass is 16.7. The van der Waals surface area contributed by atoms with Crippen molar-refractivity contribution in [3.63, 3.8) is 0 Å². The average Bonchev–Trinajstić information content (AvgIpc) is 2.54. The van der Waals surface area contributed by atoms with E-state index in [0.29, 0.717) is 0 Å². The van der Waals surface area contributed by atoms with E-state index in [2.05, 4.69) is 0 Å². The number of ketones is 1. The lowest BCUT2D eigenvalue weighted by atomic mass is 9.90. The summed E-state index contributed by atoms with van der Waals surface area (Å²) in [5, 5.41) is 0. The largest absolute Gasteiger partial charge is 0.463 e. The zero-order valence-corrected chi connectivity index (χ0v) is 17.5. The molecule has 0 spiro atoms. The molecule has 1 aliphatic rings. The third-order valence-electron chi connectivity index (χ3n) is 4.22. The highest BCUT2D eigenvalue weighted by Gasteiger charge is 2.49. The van der Waals surface area contributed by atoms with Gasteiger partial charge in [0.05, 0.1) is 0 Å². The predicted octanol–water partition coefficient (Wildman–Crippen LogP) is 1.41. The highest BCUT2D eigenvalue weighted by Crippen LogP contribution is 2.32. The predicted molar refractivity (Wildman–Crippen MR) is 96.0 cm³/mol. The van der Waals surface area contributed by atoms with Gasteiger partial charge in [-0.15, -0.1) is 0 Å². The van der Waals surface area contributed by atoms with E-state index in [4.69, 9.17) is 23.7 Å². The fourth-order valence-electron chi connectivity index (χ4n) is 2.64. The molecule has 0 bridgehead atoms. The summed E-state index contributed by atoms with van der Waals surface area (Å²) in [6.07, 6.45) is -3.74. The summed E-state index contributed by atoms with van der Waals surface area (Å²) in [7, 11) is 0. The summed E-state index contributed by atoms with van der Waals surface area (Å²) in [6, 6.07) is 0. The molecule has 0 radical (unpaired) electrons. The Morgan fingerprint density at radius 3 is 1.89 bits per heavy atom. The van der Waals surface area contributed by atoms with Crippen molar-refractivity contribution in [1.29, 1.82) is 0 Å². The van der Waals surface area contributed by atoms with Crippen molar-refractivity contribution in [2.24, 2.45) is 11.3 Å². The molecule has 0 aromatic rings. The normalized spacial score (nSPS) is 27.6. The Kier molecular flexibility index (Phi) is 8.56. The van der Waals surface area contributed by atoms with Crippen LogP contribution in [0.5, 0.6) is 0 Å². The van der Waals surface area contributed by atoms with Crippen LogP contribution >= 0.6 is 0 Å². The van der Waals surface area contributed by atoms with Gasteiger partial charge in [-0.1, -0.05) is 27.7 Å². The van der Waals surface area contributed by atoms with Crippen LogP contribution in [0.4, 0.5) is 0 Å². The van der Waals surface area contributed by atoms with E-state index in [9.17, 15) is 19.2 Å². The van der Waals surface area contributed by atoms with Crippen LogP contribution in [-0.4, -0.2) is 61.5 Å². The van der Waals surface area contributed by atoms with Crippen LogP contribution in [0.15, 0.2) is 0 Å². The van der Waals surface area contributed by atoms with Crippen LogP contribution in [0.1, 0.15) is 48.5 Å². The lowest BCUT2D eigenvalue weighted by Gasteiger charge is -2.43. The molecule has 0 aromatic carbocycles. The SMILES string of the molecule is CC(=O)OCC1OC(OCC(=O)C(C)(C)C)C(C)C(OC(C)=O)C1OC(C)=O. The molecule has 28 heavy (non-hydrogen) atoms. The number of Topliss-reactive ketones (excluding diaryl/α,β-unsaturated/α-hetero) is 1. The highest BCUT2D eigenvalue weighted by molar-refractivity contribution is 5.84. The molecule has 9 heteroatoms. The minimum atomic E-state index is -0.992. The smallest absolute Gasteiger partial charge is 0.303 e. The van der Waals surface area contributed by atoms with Gasteiger partial charge in [0.2, 0.25) is 0 Å². The van der Waals surface area contributed by atoms with E-state index in [1.165, 1.54) is 20.8 Å². The number of carbonyl (C=O) groups is 4. The van der Waals surface area contributed by atoms with Crippen molar-refractivity contribution in [1.82, 2.24) is 0 Å². The number of hydrogen-bond donors (Lipinski definition) is 0. The Morgan fingerprint density at radius 1 is 0.893 bits per heavy atom. The van der Waals surface area contributed by atoms with Crippen LogP contribution in [0.3, 0.4) is 0 Å². The molecule has 5 atom stereocenters. The maximum atomic E-state index is 12.2. The molecule has 9 nitrogen and oxygen atoms in total. The molecule has 1 fully saturated rings. The van der Waals surface area contributed by atoms with Crippen molar-refractivity contribution in [3.05, 3.63) is 0 Å². The van der Waals surface area contributed by atoms with Gasteiger partial charge in [0, 0.05) is 32.1 Å². The molecule has 1 heterocycles. The van der Waals surface area contributed by atoms with E-state index < -0.39 is 53.8 Å². The molecule has 5 unspecified atom stereocenters. The summed E-state index contributed by atoms with van der Waals surface area (Å²) in [5.74, 6) is -2.41. The third-order valence-corrected chi connectivity index (χ3v) is 4.22. The van der Waals surface area contributed by atoms with Crippen molar-refractivity contribution < 1.29 is 42.9 Å². The molecule has 1 saturated heterocycles. The second kappa shape index (κ2) is 9.97. The van der Waals surface area contributed by atoms with Gasteiger partial charge in [0.1, 0.15) is 25.4 Å². The van der Waals surface area contributed by atoms with E-state index in [-0.39, 0.29) is 19.0 Å². The first kappa shape index (κ1) is 24.0. The van der Waals surface area contributed by atoms with E-state index in [1.54, 1.807) is 27.7 Å². The lowest BCUT2D eigenvalue weighted by molar-refractivity contribution is -0.287. The summed E-state index contributed by atoms with van der Waals surface area (Å²) in [4.78, 5) is 46.5. The lowest BCUT2D eigenvalue weighted by Crippen LogP contribution is -2.58. The van der Waals surface area contributed by atoms with Crippen molar-refractivity contribution in [3.8, 4) is 0 Å². The van der Waals surface area contributed by atoms with Gasteiger partial charge in [-0.25, -0.2) is 0 Å². The molecule has 0 N–H and O–H groups in total. The molecule has 1 rings (SSSR count). The Bertz CT molecular complexity index is 593. The fourth-order valence-corrected chi connectivity index (χ4v) is 2.64. The van der Waals surface area contributed by atoms with Crippen molar-refractivity contribution in [2.75, 3.05) is 13.2 Å². The van der Waals surface area contributed by atoms with Crippen LogP contribution in [0.25, 0.3) is 0 Å². The van der Waals surface area contributed by atoms with Crippen LogP contribution in [0, 0.1) is 11.3 Å². The summed E-state index contributed by atoms with van der Waals surface area (Å²) in [5.41, 5.74) is -0.593. The zero-order chi connectivity index (χ0) is 21.6. The Balaban J connectivity index is 3.05. The van der Waals surface area contributed by atoms with Gasteiger partial charge in [-0.3, -0.25) is 19.2 Å². The number of rotatable bonds is 7. The first-order chi connectivity index (χ1) is 12.8. The van der Waals surface area contributed by atoms with E-state index in [1.807, 2.05) is 0 Å². The number of esters is 3. The van der Waals surface area contributed by atoms with Gasteiger partial charge in [-0.2, -0.15) is 0 Å². The van der Waals surface area contributed by atoms with Gasteiger partial charge < -0.3 is 23.7 Å². The van der Waals surface area contributed by atoms with Crippen LogP contribution < -0.4 is 0 Å². The maximum absolute atomic E-state index is 12.2. The molecule has 0 aromatic heterocycles. The van der Waals surface area contributed by atoms with Gasteiger partial charge in [-0.05, 0) is 0 Å². The molecule has 0 saturated carbocycles. The summed E-state index contributed by atoms with van der Waals surface area (Å²) in [6.45, 7) is 10.2. The second-order valence-electron chi connectivity index (χ2n) is 7.84. The van der Waals surface area contributed by atoms with Gasteiger partial charge in [0.15, 0.2) is 18.2 Å². The van der Waals surface area contributed by atoms with Crippen LogP contribution in [-0.2, 0) is 42.9 Å². The first-order valence-electron chi connectivity index (χ1n) is 9.11. The molecule has 0 amide bonds. The van der Waals surface area contributed by atoms with E-state index in [0.717, 1.165) is 0 Å². The summed E-state index contributed by atoms with van der Waals surface area (Å²) >= 11 is 0. The number of ether oxygens (including phenoxy) is 5. The Morgan fingerprint density at radius 2 is 1.43 bits per heavy atom. The fraction of sp³-hybridized carbons (Fsp3) is 0.789. The molecule has 1 aliphatic heterocycles. The minimum Gasteiger partial charge on any atom is -0.463 e. The zero-order valence-electron chi connectivity index (χ0n) is 17.5. The monoisotopic (exact) mass is 402 g/mol. The molecule has 0 aliphatic carbocycles.